The van der Waals surface area contributed by atoms with Gasteiger partial charge < -0.3 is 4.42 Å². The van der Waals surface area contributed by atoms with Crippen molar-refractivity contribution in [3.8, 4) is 0 Å². The number of nitrogens with zero attached hydrogens (tertiary/aromatic N) is 4. The number of carbonyl (C=O) groups is 1. The van der Waals surface area contributed by atoms with Crippen molar-refractivity contribution in [2.24, 2.45) is 16.0 Å². The molecule has 1 aromatic carbocycles. The molecule has 1 atom stereocenters. The van der Waals surface area contributed by atoms with Crippen LogP contribution >= 0.6 is 0 Å². The van der Waals surface area contributed by atoms with Crippen molar-refractivity contribution in [3.63, 3.8) is 0 Å². The van der Waals surface area contributed by atoms with Crippen molar-refractivity contribution in [1.82, 2.24) is 0 Å². The minimum absolute atomic E-state index is 0.0392. The first-order valence-corrected chi connectivity index (χ1v) is 7.22. The van der Waals surface area contributed by atoms with Crippen LogP contribution in [0.2, 0.25) is 0 Å². The van der Waals surface area contributed by atoms with Crippen LogP contribution in [0, 0.1) is 16.0 Å². The Hall–Kier alpha value is -3.29. The van der Waals surface area contributed by atoms with Crippen LogP contribution in [-0.2, 0) is 11.3 Å². The van der Waals surface area contributed by atoms with Gasteiger partial charge in [0.05, 0.1) is 29.1 Å². The summed E-state index contributed by atoms with van der Waals surface area (Å²) in [6, 6.07) is 9.24. The fourth-order valence-electron chi connectivity index (χ4n) is 2.30. The minimum Gasteiger partial charge on any atom is -0.467 e. The summed E-state index contributed by atoms with van der Waals surface area (Å²) in [5.41, 5.74) is 1.05. The van der Waals surface area contributed by atoms with Crippen molar-refractivity contribution in [3.05, 3.63) is 58.5 Å². The molecule has 0 saturated carbocycles. The quantitative estimate of drug-likeness (QED) is 0.479. The van der Waals surface area contributed by atoms with E-state index in [0.29, 0.717) is 23.7 Å². The maximum absolute atomic E-state index is 12.5. The molecule has 0 bridgehead atoms. The van der Waals surface area contributed by atoms with Crippen LogP contribution in [-0.4, -0.2) is 22.8 Å². The zero-order valence-corrected chi connectivity index (χ0v) is 12.8. The minimum atomic E-state index is -0.546. The molecular weight excluding hydrogens is 312 g/mol. The molecular formula is C16H14N4O4. The normalized spacial score (nSPS) is 17.5. The van der Waals surface area contributed by atoms with E-state index in [9.17, 15) is 14.9 Å². The number of aliphatic imine (C=N–C) groups is 1. The van der Waals surface area contributed by atoms with Crippen LogP contribution in [0.15, 0.2) is 57.2 Å². The Balaban J connectivity index is 1.72. The van der Waals surface area contributed by atoms with E-state index in [4.69, 9.17) is 4.42 Å². The molecule has 8 nitrogen and oxygen atoms in total. The van der Waals surface area contributed by atoms with Crippen molar-refractivity contribution in [1.29, 1.82) is 0 Å². The second kappa shape index (κ2) is 6.45. The summed E-state index contributed by atoms with van der Waals surface area (Å²) < 4.78 is 5.18. The van der Waals surface area contributed by atoms with E-state index in [0.717, 1.165) is 0 Å². The molecule has 0 spiro atoms. The molecule has 8 heteroatoms. The van der Waals surface area contributed by atoms with Gasteiger partial charge >= 0.3 is 0 Å². The summed E-state index contributed by atoms with van der Waals surface area (Å²) in [6.45, 7) is 2.09. The first-order chi connectivity index (χ1) is 11.6. The Morgan fingerprint density at radius 3 is 2.75 bits per heavy atom. The summed E-state index contributed by atoms with van der Waals surface area (Å²) in [5.74, 6) is -0.0850. The van der Waals surface area contributed by atoms with Gasteiger partial charge in [-0.2, -0.15) is 10.1 Å². The number of hydrogen-bond donors (Lipinski definition) is 0. The summed E-state index contributed by atoms with van der Waals surface area (Å²) in [7, 11) is 0. The van der Waals surface area contributed by atoms with Gasteiger partial charge in [0.15, 0.2) is 0 Å². The molecule has 0 radical (unpaired) electrons. The van der Waals surface area contributed by atoms with E-state index < -0.39 is 10.8 Å². The van der Waals surface area contributed by atoms with E-state index in [2.05, 4.69) is 10.1 Å². The number of non-ortho nitro benzene ring substituents is 1. The van der Waals surface area contributed by atoms with Gasteiger partial charge in [-0.1, -0.05) is 0 Å². The lowest BCUT2D eigenvalue weighted by atomic mass is 10.1. The molecule has 0 fully saturated rings. The molecule has 1 aliphatic heterocycles. The molecule has 24 heavy (non-hydrogen) atoms. The van der Waals surface area contributed by atoms with Crippen molar-refractivity contribution < 1.29 is 14.1 Å². The Bertz CT molecular complexity index is 809. The molecule has 3 rings (SSSR count). The summed E-state index contributed by atoms with van der Waals surface area (Å²) in [4.78, 5) is 26.9. The number of amides is 1. The van der Waals surface area contributed by atoms with Gasteiger partial charge in [-0.05, 0) is 31.2 Å². The van der Waals surface area contributed by atoms with Crippen LogP contribution in [0.5, 0.6) is 0 Å². The lowest BCUT2D eigenvalue weighted by Gasteiger charge is -2.12. The van der Waals surface area contributed by atoms with Crippen LogP contribution in [0.25, 0.3) is 0 Å². The molecule has 1 aromatic heterocycles. The highest BCUT2D eigenvalue weighted by Crippen LogP contribution is 2.25. The Labute approximate surface area is 137 Å². The maximum Gasteiger partial charge on any atom is 0.269 e. The molecule has 0 saturated heterocycles. The highest BCUT2D eigenvalue weighted by molar-refractivity contribution is 6.23. The Kier molecular flexibility index (Phi) is 4.19. The molecule has 1 amide bonds. The van der Waals surface area contributed by atoms with Crippen LogP contribution < -0.4 is 5.01 Å². The molecule has 0 aliphatic carbocycles. The number of nitro groups is 1. The zero-order valence-electron chi connectivity index (χ0n) is 12.8. The van der Waals surface area contributed by atoms with E-state index in [1.54, 1.807) is 31.5 Å². The van der Waals surface area contributed by atoms with E-state index in [1.807, 2.05) is 0 Å². The number of furan rings is 1. The zero-order chi connectivity index (χ0) is 17.1. The highest BCUT2D eigenvalue weighted by Gasteiger charge is 2.33. The number of anilines is 1. The fraction of sp³-hybridized carbons (Fsp3) is 0.188. The van der Waals surface area contributed by atoms with Crippen molar-refractivity contribution in [2.75, 3.05) is 5.01 Å². The second-order valence-corrected chi connectivity index (χ2v) is 5.21. The topological polar surface area (TPSA) is 101 Å². The first kappa shape index (κ1) is 15.6. The van der Waals surface area contributed by atoms with Gasteiger partial charge in [0.25, 0.3) is 11.6 Å². The van der Waals surface area contributed by atoms with E-state index in [-0.39, 0.29) is 11.6 Å². The molecule has 2 heterocycles. The molecule has 1 aliphatic rings. The van der Waals surface area contributed by atoms with Crippen LogP contribution in [0.4, 0.5) is 11.4 Å². The summed E-state index contributed by atoms with van der Waals surface area (Å²) in [5, 5.41) is 16.2. The van der Waals surface area contributed by atoms with Gasteiger partial charge in [-0.25, -0.2) is 0 Å². The smallest absolute Gasteiger partial charge is 0.269 e. The maximum atomic E-state index is 12.5. The number of rotatable bonds is 5. The van der Waals surface area contributed by atoms with Gasteiger partial charge in [-0.3, -0.25) is 19.9 Å². The fourth-order valence-corrected chi connectivity index (χ4v) is 2.30. The monoisotopic (exact) mass is 326 g/mol. The number of benzene rings is 1. The molecule has 0 unspecified atom stereocenters. The van der Waals surface area contributed by atoms with E-state index in [1.165, 1.54) is 29.3 Å². The Morgan fingerprint density at radius 2 is 2.12 bits per heavy atom. The highest BCUT2D eigenvalue weighted by atomic mass is 16.6. The molecule has 2 aromatic rings. The SMILES string of the molecule is CC1=NN(c2ccc([N+](=O)[O-])cc2)C(=O)[C@@H]1C=NCc1ccco1. The third-order valence-corrected chi connectivity index (χ3v) is 3.57. The van der Waals surface area contributed by atoms with Gasteiger partial charge in [-0.15, -0.1) is 0 Å². The number of hydrogen-bond acceptors (Lipinski definition) is 6. The number of nitro benzene ring substituents is 1. The third-order valence-electron chi connectivity index (χ3n) is 3.57. The number of hydrazone groups is 1. The average Bonchev–Trinajstić information content (AvgIpc) is 3.18. The van der Waals surface area contributed by atoms with Gasteiger partial charge in [0.2, 0.25) is 0 Å². The van der Waals surface area contributed by atoms with Gasteiger partial charge in [0.1, 0.15) is 11.7 Å². The molecule has 122 valence electrons. The lowest BCUT2D eigenvalue weighted by Crippen LogP contribution is -2.27. The Morgan fingerprint density at radius 1 is 1.38 bits per heavy atom. The van der Waals surface area contributed by atoms with Crippen molar-refractivity contribution in [2.45, 2.75) is 13.5 Å². The molecule has 0 N–H and O–H groups in total. The number of carbonyl (C=O) groups excluding carboxylic acids is 1. The second-order valence-electron chi connectivity index (χ2n) is 5.21. The largest absolute Gasteiger partial charge is 0.467 e. The van der Waals surface area contributed by atoms with Crippen molar-refractivity contribution >= 4 is 29.2 Å². The van der Waals surface area contributed by atoms with Gasteiger partial charge in [0, 0.05) is 18.3 Å². The summed E-state index contributed by atoms with van der Waals surface area (Å²) >= 11 is 0. The standard InChI is InChI=1S/C16H14N4O4/c1-11-15(10-17-9-14-3-2-8-24-14)16(21)19(18-11)12-4-6-13(7-5-12)20(22)23/h2-8,10,15H,9H2,1H3/t15-/m1/s1. The summed E-state index contributed by atoms with van der Waals surface area (Å²) in [6.07, 6.45) is 3.11. The lowest BCUT2D eigenvalue weighted by molar-refractivity contribution is -0.384. The predicted octanol–water partition coefficient (Wildman–Crippen LogP) is 2.80. The van der Waals surface area contributed by atoms with Crippen LogP contribution in [0.3, 0.4) is 0 Å². The first-order valence-electron chi connectivity index (χ1n) is 7.22. The predicted molar refractivity (Wildman–Crippen MR) is 88.1 cm³/mol. The van der Waals surface area contributed by atoms with Crippen LogP contribution in [0.1, 0.15) is 12.7 Å². The average molecular weight is 326 g/mol. The van der Waals surface area contributed by atoms with E-state index >= 15 is 0 Å². The third kappa shape index (κ3) is 3.07.